The first kappa shape index (κ1) is 21.8. The number of aromatic amines is 1. The average Bonchev–Trinajstić information content (AvgIpc) is 3.49. The number of carbonyl (C=O) groups is 3. The minimum absolute atomic E-state index is 0.0449. The number of amides is 3. The monoisotopic (exact) mass is 471 g/mol. The smallest absolute Gasteiger partial charge is 0.256 e. The predicted octanol–water partition coefficient (Wildman–Crippen LogP) is 3.01. The van der Waals surface area contributed by atoms with Crippen LogP contribution in [0.1, 0.15) is 48.9 Å². The summed E-state index contributed by atoms with van der Waals surface area (Å²) in [5.41, 5.74) is 3.46. The summed E-state index contributed by atoms with van der Waals surface area (Å²) in [4.78, 5) is 46.8. The zero-order chi connectivity index (χ0) is 24.0. The van der Waals surface area contributed by atoms with Crippen molar-refractivity contribution < 1.29 is 14.4 Å². The average molecular weight is 472 g/mol. The molecule has 1 spiro atoms. The van der Waals surface area contributed by atoms with Crippen LogP contribution in [0, 0.1) is 5.41 Å². The minimum Gasteiger partial charge on any atom is -0.352 e. The highest BCUT2D eigenvalue weighted by molar-refractivity contribution is 6.06. The maximum absolute atomic E-state index is 13.3. The molecule has 3 aliphatic rings. The molecule has 3 amide bonds. The van der Waals surface area contributed by atoms with Gasteiger partial charge in [-0.25, -0.2) is 4.98 Å². The third kappa shape index (κ3) is 4.07. The Morgan fingerprint density at radius 3 is 2.51 bits per heavy atom. The molecule has 1 atom stereocenters. The number of benzene rings is 1. The summed E-state index contributed by atoms with van der Waals surface area (Å²) < 4.78 is 0. The highest BCUT2D eigenvalue weighted by atomic mass is 16.2. The fourth-order valence-electron chi connectivity index (χ4n) is 5.83. The van der Waals surface area contributed by atoms with Crippen LogP contribution >= 0.6 is 0 Å². The normalized spacial score (nSPS) is 21.7. The molecule has 2 saturated heterocycles. The molecule has 2 aliphatic heterocycles. The second-order valence-electron chi connectivity index (χ2n) is 10.3. The molecule has 4 heterocycles. The highest BCUT2D eigenvalue weighted by Gasteiger charge is 2.47. The zero-order valence-corrected chi connectivity index (χ0v) is 19.5. The molecule has 1 saturated carbocycles. The first-order valence-corrected chi connectivity index (χ1v) is 12.4. The number of nitrogens with zero attached hydrogens (tertiary/aromatic N) is 2. The number of rotatable bonds is 4. The van der Waals surface area contributed by atoms with Crippen LogP contribution in [-0.2, 0) is 9.59 Å². The molecule has 180 valence electrons. The Hall–Kier alpha value is -3.68. The van der Waals surface area contributed by atoms with E-state index in [1.807, 2.05) is 47.4 Å². The Labute approximate surface area is 203 Å². The molecule has 0 radical (unpaired) electrons. The molecule has 2 aromatic heterocycles. The molecule has 8 heteroatoms. The van der Waals surface area contributed by atoms with E-state index in [1.54, 1.807) is 6.20 Å². The van der Waals surface area contributed by atoms with E-state index in [-0.39, 0.29) is 35.2 Å². The van der Waals surface area contributed by atoms with Crippen molar-refractivity contribution in [3.63, 3.8) is 0 Å². The number of nitrogens with one attached hydrogen (secondary N) is 3. The van der Waals surface area contributed by atoms with Gasteiger partial charge in [0.25, 0.3) is 5.91 Å². The fraction of sp³-hybridized carbons (Fsp3) is 0.407. The molecule has 3 aromatic rings. The summed E-state index contributed by atoms with van der Waals surface area (Å²) >= 11 is 0. The van der Waals surface area contributed by atoms with Crippen molar-refractivity contribution in [2.24, 2.45) is 5.41 Å². The first-order chi connectivity index (χ1) is 17.0. The Morgan fingerprint density at radius 2 is 1.80 bits per heavy atom. The molecular weight excluding hydrogens is 442 g/mol. The molecule has 0 unspecified atom stereocenters. The van der Waals surface area contributed by atoms with Crippen molar-refractivity contribution in [2.75, 3.05) is 13.1 Å². The van der Waals surface area contributed by atoms with Crippen molar-refractivity contribution in [3.05, 3.63) is 54.2 Å². The predicted molar refractivity (Wildman–Crippen MR) is 131 cm³/mol. The van der Waals surface area contributed by atoms with Gasteiger partial charge in [0.05, 0.1) is 11.3 Å². The third-order valence-corrected chi connectivity index (χ3v) is 7.88. The van der Waals surface area contributed by atoms with Gasteiger partial charge in [0, 0.05) is 48.1 Å². The number of pyridine rings is 1. The van der Waals surface area contributed by atoms with Gasteiger partial charge in [-0.1, -0.05) is 30.3 Å². The summed E-state index contributed by atoms with van der Waals surface area (Å²) in [5.74, 6) is -0.0660. The van der Waals surface area contributed by atoms with Gasteiger partial charge >= 0.3 is 0 Å². The van der Waals surface area contributed by atoms with Crippen LogP contribution in [0.5, 0.6) is 0 Å². The van der Waals surface area contributed by atoms with Crippen molar-refractivity contribution in [3.8, 4) is 11.3 Å². The van der Waals surface area contributed by atoms with E-state index < -0.39 is 0 Å². The number of H-pyrrole nitrogens is 1. The minimum atomic E-state index is -0.385. The van der Waals surface area contributed by atoms with Crippen LogP contribution in [0.4, 0.5) is 0 Å². The summed E-state index contributed by atoms with van der Waals surface area (Å²) in [7, 11) is 0. The van der Waals surface area contributed by atoms with E-state index in [0.717, 1.165) is 61.1 Å². The van der Waals surface area contributed by atoms with Gasteiger partial charge in [-0.15, -0.1) is 0 Å². The van der Waals surface area contributed by atoms with Crippen LogP contribution in [0.15, 0.2) is 48.7 Å². The van der Waals surface area contributed by atoms with Crippen LogP contribution in [0.2, 0.25) is 0 Å². The van der Waals surface area contributed by atoms with Gasteiger partial charge in [-0.3, -0.25) is 14.4 Å². The molecule has 1 aromatic carbocycles. The standard InChI is InChI=1S/C27H29N5O3/c33-23-9-8-22(30-23)25(34)29-18-10-12-27(13-11-18)15-32(16-27)26(35)20-14-28-24-19(20)6-7-21(31-24)17-4-2-1-3-5-17/h1-7,14,18,22H,8-13,15-16H2,(H,28,31)(H,29,34)(H,30,33)/t22-/m0/s1. The number of likely N-dealkylation sites (tertiary alicyclic amines) is 1. The van der Waals surface area contributed by atoms with E-state index in [4.69, 9.17) is 4.98 Å². The summed E-state index contributed by atoms with van der Waals surface area (Å²) in [6.45, 7) is 1.51. The van der Waals surface area contributed by atoms with Gasteiger partial charge in [-0.2, -0.15) is 0 Å². The molecule has 3 N–H and O–H groups in total. The lowest BCUT2D eigenvalue weighted by atomic mass is 9.67. The van der Waals surface area contributed by atoms with Crippen LogP contribution in [0.3, 0.4) is 0 Å². The summed E-state index contributed by atoms with van der Waals surface area (Å²) in [6.07, 6.45) is 6.59. The van der Waals surface area contributed by atoms with Crippen LogP contribution in [-0.4, -0.2) is 57.8 Å². The Bertz CT molecular complexity index is 1280. The lowest BCUT2D eigenvalue weighted by Crippen LogP contribution is -2.60. The number of hydrogen-bond donors (Lipinski definition) is 3. The Kier molecular flexibility index (Phi) is 5.31. The topological polar surface area (TPSA) is 107 Å². The molecule has 35 heavy (non-hydrogen) atoms. The second kappa shape index (κ2) is 8.52. The van der Waals surface area contributed by atoms with Gasteiger partial charge in [0.2, 0.25) is 11.8 Å². The largest absolute Gasteiger partial charge is 0.352 e. The lowest BCUT2D eigenvalue weighted by molar-refractivity contribution is -0.126. The highest BCUT2D eigenvalue weighted by Crippen LogP contribution is 2.44. The van der Waals surface area contributed by atoms with Crippen LogP contribution in [0.25, 0.3) is 22.3 Å². The van der Waals surface area contributed by atoms with Crippen molar-refractivity contribution >= 4 is 28.8 Å². The van der Waals surface area contributed by atoms with Gasteiger partial charge in [0.15, 0.2) is 0 Å². The van der Waals surface area contributed by atoms with E-state index >= 15 is 0 Å². The van der Waals surface area contributed by atoms with E-state index in [9.17, 15) is 14.4 Å². The number of hydrogen-bond acceptors (Lipinski definition) is 4. The zero-order valence-electron chi connectivity index (χ0n) is 19.5. The number of fused-ring (bicyclic) bond motifs is 1. The molecule has 3 fully saturated rings. The molecule has 0 bridgehead atoms. The number of aromatic nitrogens is 2. The van der Waals surface area contributed by atoms with Gasteiger partial charge in [-0.05, 0) is 44.2 Å². The third-order valence-electron chi connectivity index (χ3n) is 7.88. The van der Waals surface area contributed by atoms with Crippen molar-refractivity contribution in [2.45, 2.75) is 50.6 Å². The quantitative estimate of drug-likeness (QED) is 0.544. The van der Waals surface area contributed by atoms with Gasteiger partial charge in [0.1, 0.15) is 11.7 Å². The number of carbonyl (C=O) groups excluding carboxylic acids is 3. The lowest BCUT2D eigenvalue weighted by Gasteiger charge is -2.53. The van der Waals surface area contributed by atoms with Gasteiger partial charge < -0.3 is 20.5 Å². The molecule has 6 rings (SSSR count). The second-order valence-corrected chi connectivity index (χ2v) is 10.3. The summed E-state index contributed by atoms with van der Waals surface area (Å²) in [5, 5.41) is 6.70. The maximum Gasteiger partial charge on any atom is 0.256 e. The van der Waals surface area contributed by atoms with Crippen molar-refractivity contribution in [1.82, 2.24) is 25.5 Å². The molecular formula is C27H29N5O3. The Morgan fingerprint density at radius 1 is 1.03 bits per heavy atom. The first-order valence-electron chi connectivity index (χ1n) is 12.4. The SMILES string of the molecule is O=C1CC[C@@H](C(=O)NC2CCC3(CC2)CN(C(=O)c2c[nH]c4nc(-c5ccccc5)ccc24)C3)N1. The fourth-order valence-corrected chi connectivity index (χ4v) is 5.83. The molecule has 1 aliphatic carbocycles. The van der Waals surface area contributed by atoms with Crippen LogP contribution < -0.4 is 10.6 Å². The summed E-state index contributed by atoms with van der Waals surface area (Å²) in [6, 6.07) is 13.7. The van der Waals surface area contributed by atoms with E-state index in [0.29, 0.717) is 18.4 Å². The van der Waals surface area contributed by atoms with E-state index in [2.05, 4.69) is 15.6 Å². The molecule has 8 nitrogen and oxygen atoms in total. The Balaban J connectivity index is 1.05. The van der Waals surface area contributed by atoms with Crippen molar-refractivity contribution in [1.29, 1.82) is 0 Å². The maximum atomic E-state index is 13.3. The van der Waals surface area contributed by atoms with E-state index in [1.165, 1.54) is 0 Å².